The molecular formula is C18H35NO. The van der Waals surface area contributed by atoms with Crippen LogP contribution < -0.4 is 5.73 Å². The topological polar surface area (TPSA) is 46.2 Å². The van der Waals surface area contributed by atoms with Crippen LogP contribution in [0.3, 0.4) is 0 Å². The van der Waals surface area contributed by atoms with E-state index in [1.54, 1.807) is 0 Å². The summed E-state index contributed by atoms with van der Waals surface area (Å²) < 4.78 is 0. The molecule has 0 aromatic heterocycles. The fourth-order valence-corrected chi connectivity index (χ4v) is 2.13. The van der Waals surface area contributed by atoms with Gasteiger partial charge in [0.2, 0.25) is 0 Å². The highest BCUT2D eigenvalue weighted by Crippen LogP contribution is 2.07. The molecule has 0 amide bonds. The van der Waals surface area contributed by atoms with Crippen molar-refractivity contribution in [2.24, 2.45) is 5.73 Å². The third kappa shape index (κ3) is 15.5. The van der Waals surface area contributed by atoms with Crippen LogP contribution in [-0.2, 0) is 0 Å². The van der Waals surface area contributed by atoms with Crippen molar-refractivity contribution < 1.29 is 5.11 Å². The molecule has 0 heterocycles. The molecule has 0 rings (SSSR count). The number of unbranched alkanes of at least 4 members (excludes halogenated alkanes) is 9. The van der Waals surface area contributed by atoms with Gasteiger partial charge in [0.05, 0.1) is 6.61 Å². The maximum absolute atomic E-state index is 8.75. The number of hydrogen-bond acceptors (Lipinski definition) is 2. The second-order valence-electron chi connectivity index (χ2n) is 5.59. The van der Waals surface area contributed by atoms with Crippen LogP contribution in [0.25, 0.3) is 0 Å². The summed E-state index contributed by atoms with van der Waals surface area (Å²) in [6.45, 7) is 2.30. The fourth-order valence-electron chi connectivity index (χ4n) is 2.13. The molecular weight excluding hydrogens is 246 g/mol. The van der Waals surface area contributed by atoms with Crippen LogP contribution in [0.4, 0.5) is 0 Å². The first-order valence-electron chi connectivity index (χ1n) is 8.49. The summed E-state index contributed by atoms with van der Waals surface area (Å²) in [5.74, 6) is 0. The van der Waals surface area contributed by atoms with Gasteiger partial charge in [-0.2, -0.15) is 0 Å². The molecule has 0 saturated carbocycles. The molecule has 0 aromatic rings. The molecule has 20 heavy (non-hydrogen) atoms. The number of nitrogens with two attached hydrogens (primary N) is 1. The molecule has 0 unspecified atom stereocenters. The molecule has 1 atom stereocenters. The first-order valence-corrected chi connectivity index (χ1v) is 8.49. The molecule has 2 nitrogen and oxygen atoms in total. The van der Waals surface area contributed by atoms with Gasteiger partial charge in [-0.25, -0.2) is 0 Å². The Labute approximate surface area is 126 Å². The molecule has 2 heteroatoms. The van der Waals surface area contributed by atoms with Crippen LogP contribution in [0.15, 0.2) is 24.3 Å². The van der Waals surface area contributed by atoms with E-state index < -0.39 is 0 Å². The SMILES string of the molecule is CCCCCCC/C=C\CCCCC/C=C/[C@@H](N)CO. The second kappa shape index (κ2) is 16.5. The number of hydrogen-bond donors (Lipinski definition) is 2. The highest BCUT2D eigenvalue weighted by atomic mass is 16.3. The smallest absolute Gasteiger partial charge is 0.0618 e. The van der Waals surface area contributed by atoms with Crippen molar-refractivity contribution in [2.45, 2.75) is 83.6 Å². The summed E-state index contributed by atoms with van der Waals surface area (Å²) in [6, 6.07) is -0.185. The lowest BCUT2D eigenvalue weighted by Gasteiger charge is -1.99. The van der Waals surface area contributed by atoms with Crippen molar-refractivity contribution in [2.75, 3.05) is 6.61 Å². The summed E-state index contributed by atoms with van der Waals surface area (Å²) in [4.78, 5) is 0. The van der Waals surface area contributed by atoms with E-state index in [0.29, 0.717) is 0 Å². The van der Waals surface area contributed by atoms with Crippen molar-refractivity contribution in [3.8, 4) is 0 Å². The van der Waals surface area contributed by atoms with Crippen LogP contribution in [0, 0.1) is 0 Å². The van der Waals surface area contributed by atoms with Gasteiger partial charge < -0.3 is 10.8 Å². The minimum Gasteiger partial charge on any atom is -0.394 e. The third-order valence-electron chi connectivity index (χ3n) is 3.48. The molecule has 0 aliphatic carbocycles. The zero-order chi connectivity index (χ0) is 14.9. The van der Waals surface area contributed by atoms with E-state index >= 15 is 0 Å². The van der Waals surface area contributed by atoms with Gasteiger partial charge in [0, 0.05) is 6.04 Å². The fraction of sp³-hybridized carbons (Fsp3) is 0.778. The van der Waals surface area contributed by atoms with Gasteiger partial charge in [-0.05, 0) is 38.5 Å². The summed E-state index contributed by atoms with van der Waals surface area (Å²) in [7, 11) is 0. The molecule has 0 bridgehead atoms. The Morgan fingerprint density at radius 1 is 0.800 bits per heavy atom. The van der Waals surface area contributed by atoms with Crippen LogP contribution in [-0.4, -0.2) is 17.8 Å². The standard InChI is InChI=1S/C18H35NO/c1-2-3-4-5-6-7-8-9-10-11-12-13-14-15-16-18(19)17-20/h8-9,15-16,18,20H,2-7,10-14,17,19H2,1H3/b9-8-,16-15+/t18-/m1/s1. The van der Waals surface area contributed by atoms with Crippen molar-refractivity contribution in [1.29, 1.82) is 0 Å². The highest BCUT2D eigenvalue weighted by molar-refractivity contribution is 4.90. The lowest BCUT2D eigenvalue weighted by molar-refractivity contribution is 0.284. The van der Waals surface area contributed by atoms with E-state index in [9.17, 15) is 0 Å². The summed E-state index contributed by atoms with van der Waals surface area (Å²) in [5, 5.41) is 8.75. The van der Waals surface area contributed by atoms with Gasteiger partial charge in [-0.15, -0.1) is 0 Å². The Morgan fingerprint density at radius 2 is 1.30 bits per heavy atom. The Hall–Kier alpha value is -0.600. The molecule has 0 saturated heterocycles. The molecule has 0 spiro atoms. The third-order valence-corrected chi connectivity index (χ3v) is 3.48. The largest absolute Gasteiger partial charge is 0.394 e. The summed E-state index contributed by atoms with van der Waals surface area (Å²) in [5.41, 5.74) is 5.57. The minimum atomic E-state index is -0.185. The normalized spacial score (nSPS) is 13.6. The first-order chi connectivity index (χ1) is 9.81. The van der Waals surface area contributed by atoms with Gasteiger partial charge in [0.1, 0.15) is 0 Å². The van der Waals surface area contributed by atoms with E-state index in [4.69, 9.17) is 10.8 Å². The van der Waals surface area contributed by atoms with E-state index in [-0.39, 0.29) is 12.6 Å². The summed E-state index contributed by atoms with van der Waals surface area (Å²) in [6.07, 6.45) is 22.9. The Kier molecular flexibility index (Phi) is 16.0. The monoisotopic (exact) mass is 281 g/mol. The quantitative estimate of drug-likeness (QED) is 0.357. The molecule has 0 aliphatic rings. The molecule has 0 radical (unpaired) electrons. The van der Waals surface area contributed by atoms with Gasteiger partial charge in [-0.3, -0.25) is 0 Å². The number of aliphatic hydroxyl groups excluding tert-OH is 1. The molecule has 118 valence electrons. The second-order valence-corrected chi connectivity index (χ2v) is 5.59. The zero-order valence-corrected chi connectivity index (χ0v) is 13.4. The Morgan fingerprint density at radius 3 is 1.85 bits per heavy atom. The van der Waals surface area contributed by atoms with Gasteiger partial charge in [-0.1, -0.05) is 63.3 Å². The van der Waals surface area contributed by atoms with Gasteiger partial charge >= 0.3 is 0 Å². The number of rotatable bonds is 14. The van der Waals surface area contributed by atoms with Crippen LogP contribution in [0.2, 0.25) is 0 Å². The lowest BCUT2D eigenvalue weighted by Crippen LogP contribution is -2.20. The van der Waals surface area contributed by atoms with E-state index in [1.807, 2.05) is 6.08 Å². The predicted molar refractivity (Wildman–Crippen MR) is 89.8 cm³/mol. The molecule has 0 aromatic carbocycles. The first kappa shape index (κ1) is 19.4. The maximum atomic E-state index is 8.75. The molecule has 0 aliphatic heterocycles. The van der Waals surface area contributed by atoms with Crippen molar-refractivity contribution in [3.05, 3.63) is 24.3 Å². The van der Waals surface area contributed by atoms with Crippen LogP contribution >= 0.6 is 0 Å². The van der Waals surface area contributed by atoms with E-state index in [2.05, 4.69) is 25.2 Å². The Bertz CT molecular complexity index is 236. The van der Waals surface area contributed by atoms with Crippen molar-refractivity contribution in [3.63, 3.8) is 0 Å². The average molecular weight is 281 g/mol. The number of allylic oxidation sites excluding steroid dienone is 3. The van der Waals surface area contributed by atoms with Crippen LogP contribution in [0.5, 0.6) is 0 Å². The van der Waals surface area contributed by atoms with E-state index in [0.717, 1.165) is 6.42 Å². The lowest BCUT2D eigenvalue weighted by atomic mass is 10.1. The van der Waals surface area contributed by atoms with Crippen molar-refractivity contribution >= 4 is 0 Å². The zero-order valence-electron chi connectivity index (χ0n) is 13.4. The van der Waals surface area contributed by atoms with Crippen molar-refractivity contribution in [1.82, 2.24) is 0 Å². The van der Waals surface area contributed by atoms with Gasteiger partial charge in [0.25, 0.3) is 0 Å². The minimum absolute atomic E-state index is 0.0414. The molecule has 3 N–H and O–H groups in total. The average Bonchev–Trinajstić information content (AvgIpc) is 2.47. The van der Waals surface area contributed by atoms with Gasteiger partial charge in [0.15, 0.2) is 0 Å². The Balaban J connectivity index is 3.17. The summed E-state index contributed by atoms with van der Waals surface area (Å²) >= 11 is 0. The molecule has 0 fully saturated rings. The highest BCUT2D eigenvalue weighted by Gasteiger charge is 1.91. The maximum Gasteiger partial charge on any atom is 0.0618 e. The number of aliphatic hydroxyl groups is 1. The van der Waals surface area contributed by atoms with E-state index in [1.165, 1.54) is 64.2 Å². The predicted octanol–water partition coefficient (Wildman–Crippen LogP) is 4.73. The van der Waals surface area contributed by atoms with Crippen LogP contribution in [0.1, 0.15) is 77.6 Å².